The predicted molar refractivity (Wildman–Crippen MR) is 97.8 cm³/mol. The maximum absolute atomic E-state index is 11.3. The highest BCUT2D eigenvalue weighted by molar-refractivity contribution is 7.89. The molecule has 1 aliphatic heterocycles. The van der Waals surface area contributed by atoms with Crippen LogP contribution in [0.1, 0.15) is 0 Å². The summed E-state index contributed by atoms with van der Waals surface area (Å²) in [5.41, 5.74) is 11.0. The van der Waals surface area contributed by atoms with E-state index in [-0.39, 0.29) is 4.90 Å². The number of sulfonamides is 1. The van der Waals surface area contributed by atoms with Gasteiger partial charge < -0.3 is 0 Å². The molecule has 8 nitrogen and oxygen atoms in total. The highest BCUT2D eigenvalue weighted by Crippen LogP contribution is 2.15. The molecular weight excluding hydrogens is 340 g/mol. The fourth-order valence-corrected chi connectivity index (χ4v) is 2.58. The van der Waals surface area contributed by atoms with E-state index in [1.807, 2.05) is 30.3 Å². The third-order valence-electron chi connectivity index (χ3n) is 3.32. The topological polar surface area (TPSA) is 121 Å². The molecule has 1 heterocycles. The van der Waals surface area contributed by atoms with Gasteiger partial charge in [0.05, 0.1) is 22.0 Å². The van der Waals surface area contributed by atoms with Crippen LogP contribution in [0.5, 0.6) is 0 Å². The summed E-state index contributed by atoms with van der Waals surface area (Å²) in [7, 11) is -3.72. The smallest absolute Gasteiger partial charge is 0.238 e. The van der Waals surface area contributed by atoms with Crippen molar-refractivity contribution in [3.8, 4) is 0 Å². The number of hydrazine groups is 1. The number of aliphatic imine (C=N–C) groups is 1. The average molecular weight is 356 g/mol. The summed E-state index contributed by atoms with van der Waals surface area (Å²) >= 11 is 0. The Morgan fingerprint density at radius 3 is 2.32 bits per heavy atom. The van der Waals surface area contributed by atoms with Gasteiger partial charge in [0.1, 0.15) is 0 Å². The summed E-state index contributed by atoms with van der Waals surface area (Å²) in [6.07, 6.45) is 0. The fraction of sp³-hybridized carbons (Fsp3) is 0. The van der Waals surface area contributed by atoms with Gasteiger partial charge in [-0.25, -0.2) is 18.5 Å². The Bertz CT molecular complexity index is 950. The zero-order valence-corrected chi connectivity index (χ0v) is 13.9. The number of nitrogens with two attached hydrogens (primary N) is 1. The van der Waals surface area contributed by atoms with E-state index >= 15 is 0 Å². The normalized spacial score (nSPS) is 17.4. The highest BCUT2D eigenvalue weighted by atomic mass is 32.2. The molecule has 0 spiro atoms. The summed E-state index contributed by atoms with van der Waals surface area (Å²) in [5.74, 6) is 0.518. The molecule has 0 aliphatic carbocycles. The molecule has 0 bridgehead atoms. The fourth-order valence-electron chi connectivity index (χ4n) is 2.07. The molecular formula is C16H16N6O2S. The number of hydrazone groups is 1. The van der Waals surface area contributed by atoms with E-state index in [9.17, 15) is 8.42 Å². The third kappa shape index (κ3) is 4.03. The van der Waals surface area contributed by atoms with E-state index in [4.69, 9.17) is 5.14 Å². The minimum Gasteiger partial charge on any atom is -0.298 e. The van der Waals surface area contributed by atoms with Crippen molar-refractivity contribution in [2.75, 3.05) is 5.43 Å². The highest BCUT2D eigenvalue weighted by Gasteiger charge is 2.20. The Morgan fingerprint density at radius 1 is 1.00 bits per heavy atom. The predicted octanol–water partition coefficient (Wildman–Crippen LogP) is 1.45. The zero-order chi connectivity index (χ0) is 17.9. The molecule has 1 fully saturated rings. The van der Waals surface area contributed by atoms with Gasteiger partial charge in [-0.2, -0.15) is 5.10 Å². The summed E-state index contributed by atoms with van der Waals surface area (Å²) in [6.45, 7) is 3.87. The van der Waals surface area contributed by atoms with Gasteiger partial charge in [-0.05, 0) is 36.4 Å². The SMILES string of the molecule is C=C1NNC(=Nc2ccccc2)/C1=N/Nc1ccc(S(N)(=O)=O)cc1. The second-order valence-electron chi connectivity index (χ2n) is 5.17. The van der Waals surface area contributed by atoms with Crippen molar-refractivity contribution in [2.24, 2.45) is 15.2 Å². The Balaban J connectivity index is 1.81. The summed E-state index contributed by atoms with van der Waals surface area (Å²) in [6, 6.07) is 15.3. The van der Waals surface area contributed by atoms with E-state index in [0.29, 0.717) is 22.9 Å². The van der Waals surface area contributed by atoms with Crippen LogP contribution in [-0.4, -0.2) is 20.0 Å². The molecule has 0 radical (unpaired) electrons. The summed E-state index contributed by atoms with van der Waals surface area (Å²) < 4.78 is 22.5. The molecule has 2 aromatic rings. The van der Waals surface area contributed by atoms with E-state index in [1.165, 1.54) is 12.1 Å². The number of nitrogens with one attached hydrogen (secondary N) is 3. The molecule has 0 amide bonds. The van der Waals surface area contributed by atoms with Crippen molar-refractivity contribution in [3.05, 3.63) is 66.9 Å². The van der Waals surface area contributed by atoms with Crippen LogP contribution in [0, 0.1) is 0 Å². The molecule has 128 valence electrons. The second-order valence-corrected chi connectivity index (χ2v) is 6.73. The molecule has 9 heteroatoms. The van der Waals surface area contributed by atoms with Crippen molar-refractivity contribution < 1.29 is 8.42 Å². The van der Waals surface area contributed by atoms with Crippen LogP contribution in [0.2, 0.25) is 0 Å². The maximum Gasteiger partial charge on any atom is 0.238 e. The van der Waals surface area contributed by atoms with Crippen LogP contribution in [-0.2, 0) is 10.0 Å². The van der Waals surface area contributed by atoms with Crippen LogP contribution in [0.4, 0.5) is 11.4 Å². The van der Waals surface area contributed by atoms with Gasteiger partial charge in [-0.3, -0.25) is 16.3 Å². The Morgan fingerprint density at radius 2 is 1.68 bits per heavy atom. The second kappa shape index (κ2) is 6.75. The Labute approximate surface area is 145 Å². The number of nitrogens with zero attached hydrogens (tertiary/aromatic N) is 2. The summed E-state index contributed by atoms with van der Waals surface area (Å²) in [5, 5.41) is 9.34. The monoisotopic (exact) mass is 356 g/mol. The number of rotatable bonds is 4. The standard InChI is InChI=1S/C16H16N6O2S/c1-11-15(16(22-19-11)18-12-5-3-2-4-6-12)21-20-13-7-9-14(10-8-13)25(17,23)24/h2-10,19-20H,1H2,(H,18,22)(H2,17,23,24)/b21-15+. The van der Waals surface area contributed by atoms with Gasteiger partial charge in [0.2, 0.25) is 10.0 Å². The molecule has 25 heavy (non-hydrogen) atoms. The molecule has 0 saturated carbocycles. The van der Waals surface area contributed by atoms with E-state index < -0.39 is 10.0 Å². The first-order valence-corrected chi connectivity index (χ1v) is 8.80. The Kier molecular flexibility index (Phi) is 4.50. The van der Waals surface area contributed by atoms with Gasteiger partial charge in [-0.1, -0.05) is 24.8 Å². The minimum absolute atomic E-state index is 0.0330. The number of benzene rings is 2. The lowest BCUT2D eigenvalue weighted by Crippen LogP contribution is -2.26. The summed E-state index contributed by atoms with van der Waals surface area (Å²) in [4.78, 5) is 4.50. The van der Waals surface area contributed by atoms with Crippen LogP contribution in [0.15, 0.2) is 81.9 Å². The van der Waals surface area contributed by atoms with Gasteiger partial charge >= 0.3 is 0 Å². The van der Waals surface area contributed by atoms with E-state index in [2.05, 4.69) is 33.0 Å². The zero-order valence-electron chi connectivity index (χ0n) is 13.1. The van der Waals surface area contributed by atoms with Crippen molar-refractivity contribution >= 4 is 32.9 Å². The van der Waals surface area contributed by atoms with Gasteiger partial charge in [0.25, 0.3) is 0 Å². The number of para-hydroxylation sites is 1. The van der Waals surface area contributed by atoms with Crippen molar-refractivity contribution in [1.29, 1.82) is 0 Å². The number of hydrogen-bond acceptors (Lipinski definition) is 6. The van der Waals surface area contributed by atoms with Gasteiger partial charge in [0.15, 0.2) is 11.5 Å². The van der Waals surface area contributed by atoms with Crippen LogP contribution in [0.25, 0.3) is 0 Å². The molecule has 1 aliphatic rings. The van der Waals surface area contributed by atoms with Crippen LogP contribution >= 0.6 is 0 Å². The molecule has 0 aromatic heterocycles. The number of hydrogen-bond donors (Lipinski definition) is 4. The van der Waals surface area contributed by atoms with Gasteiger partial charge in [-0.15, -0.1) is 0 Å². The van der Waals surface area contributed by atoms with E-state index in [1.54, 1.807) is 12.1 Å². The maximum atomic E-state index is 11.3. The molecule has 0 atom stereocenters. The first kappa shape index (κ1) is 16.7. The average Bonchev–Trinajstić information content (AvgIpc) is 2.93. The number of amidine groups is 1. The van der Waals surface area contributed by atoms with E-state index in [0.717, 1.165) is 5.69 Å². The largest absolute Gasteiger partial charge is 0.298 e. The van der Waals surface area contributed by atoms with Crippen molar-refractivity contribution in [1.82, 2.24) is 10.9 Å². The lowest BCUT2D eigenvalue weighted by Gasteiger charge is -2.04. The first-order chi connectivity index (χ1) is 11.9. The number of anilines is 1. The van der Waals surface area contributed by atoms with Gasteiger partial charge in [0, 0.05) is 0 Å². The van der Waals surface area contributed by atoms with Crippen molar-refractivity contribution in [3.63, 3.8) is 0 Å². The first-order valence-electron chi connectivity index (χ1n) is 7.25. The minimum atomic E-state index is -3.72. The van der Waals surface area contributed by atoms with Crippen molar-refractivity contribution in [2.45, 2.75) is 4.90 Å². The lowest BCUT2D eigenvalue weighted by atomic mass is 10.3. The lowest BCUT2D eigenvalue weighted by molar-refractivity contribution is 0.598. The third-order valence-corrected chi connectivity index (χ3v) is 4.25. The quantitative estimate of drug-likeness (QED) is 0.618. The molecule has 3 rings (SSSR count). The van der Waals surface area contributed by atoms with Crippen LogP contribution < -0.4 is 21.4 Å². The molecule has 2 aromatic carbocycles. The molecule has 0 unspecified atom stereocenters. The molecule has 1 saturated heterocycles. The number of primary sulfonamides is 1. The Hall–Kier alpha value is -3.17. The molecule has 5 N–H and O–H groups in total. The van der Waals surface area contributed by atoms with Crippen LogP contribution in [0.3, 0.4) is 0 Å².